The SMILES string of the molecule is O=[N+]([O-])c1ccc(N[C@H]2CC[C@H](Oc3ccncc3)CC2)cc1C(F)(F)F. The molecular weight excluding hydrogens is 363 g/mol. The molecule has 9 heteroatoms. The van der Waals surface area contributed by atoms with Crippen LogP contribution in [-0.4, -0.2) is 22.1 Å². The zero-order valence-corrected chi connectivity index (χ0v) is 14.3. The molecule has 1 aromatic heterocycles. The van der Waals surface area contributed by atoms with E-state index in [0.717, 1.165) is 43.6 Å². The van der Waals surface area contributed by atoms with Crippen molar-refractivity contribution in [2.24, 2.45) is 0 Å². The number of hydrogen-bond acceptors (Lipinski definition) is 5. The number of rotatable bonds is 5. The van der Waals surface area contributed by atoms with Gasteiger partial charge in [-0.1, -0.05) is 0 Å². The largest absolute Gasteiger partial charge is 0.490 e. The lowest BCUT2D eigenvalue weighted by Gasteiger charge is -2.30. The summed E-state index contributed by atoms with van der Waals surface area (Å²) in [6, 6.07) is 6.55. The molecule has 3 rings (SSSR count). The second-order valence-electron chi connectivity index (χ2n) is 6.41. The second kappa shape index (κ2) is 7.81. The fourth-order valence-electron chi connectivity index (χ4n) is 3.18. The van der Waals surface area contributed by atoms with Gasteiger partial charge in [-0.15, -0.1) is 0 Å². The summed E-state index contributed by atoms with van der Waals surface area (Å²) in [6.45, 7) is 0. The van der Waals surface area contributed by atoms with Crippen molar-refractivity contribution < 1.29 is 22.8 Å². The molecule has 1 saturated carbocycles. The molecule has 0 bridgehead atoms. The Balaban J connectivity index is 1.61. The van der Waals surface area contributed by atoms with Gasteiger partial charge < -0.3 is 10.1 Å². The third-order valence-corrected chi connectivity index (χ3v) is 4.50. The van der Waals surface area contributed by atoms with E-state index >= 15 is 0 Å². The number of nitro benzene ring substituents is 1. The van der Waals surface area contributed by atoms with Gasteiger partial charge in [0.25, 0.3) is 5.69 Å². The van der Waals surface area contributed by atoms with Gasteiger partial charge in [0.1, 0.15) is 11.3 Å². The number of aromatic nitrogens is 1. The smallest absolute Gasteiger partial charge is 0.423 e. The number of halogens is 3. The maximum absolute atomic E-state index is 13.1. The summed E-state index contributed by atoms with van der Waals surface area (Å²) >= 11 is 0. The van der Waals surface area contributed by atoms with Crippen LogP contribution in [0.1, 0.15) is 31.2 Å². The van der Waals surface area contributed by atoms with Crippen molar-refractivity contribution >= 4 is 11.4 Å². The third kappa shape index (κ3) is 4.87. The average Bonchev–Trinajstić information content (AvgIpc) is 2.63. The Kier molecular flexibility index (Phi) is 5.48. The first kappa shape index (κ1) is 18.9. The van der Waals surface area contributed by atoms with Crippen molar-refractivity contribution in [3.63, 3.8) is 0 Å². The summed E-state index contributed by atoms with van der Waals surface area (Å²) in [7, 11) is 0. The van der Waals surface area contributed by atoms with Crippen molar-refractivity contribution in [3.8, 4) is 5.75 Å². The summed E-state index contributed by atoms with van der Waals surface area (Å²) in [5.41, 5.74) is -1.96. The summed E-state index contributed by atoms with van der Waals surface area (Å²) in [6.07, 6.45) is 1.55. The van der Waals surface area contributed by atoms with Crippen LogP contribution < -0.4 is 10.1 Å². The molecule has 0 radical (unpaired) electrons. The molecule has 0 spiro atoms. The maximum atomic E-state index is 13.1. The zero-order valence-electron chi connectivity index (χ0n) is 14.3. The van der Waals surface area contributed by atoms with Gasteiger partial charge in [-0.2, -0.15) is 13.2 Å². The van der Waals surface area contributed by atoms with Crippen molar-refractivity contribution in [2.45, 2.75) is 44.0 Å². The van der Waals surface area contributed by atoms with Gasteiger partial charge in [0.05, 0.1) is 11.0 Å². The lowest BCUT2D eigenvalue weighted by atomic mass is 9.92. The van der Waals surface area contributed by atoms with Crippen LogP contribution in [0.3, 0.4) is 0 Å². The molecule has 0 amide bonds. The Hall–Kier alpha value is -2.84. The van der Waals surface area contributed by atoms with Crippen LogP contribution in [0.4, 0.5) is 24.5 Å². The second-order valence-corrected chi connectivity index (χ2v) is 6.41. The van der Waals surface area contributed by atoms with Crippen LogP contribution >= 0.6 is 0 Å². The minimum atomic E-state index is -4.78. The van der Waals surface area contributed by atoms with Crippen LogP contribution in [0.15, 0.2) is 42.7 Å². The van der Waals surface area contributed by atoms with Crippen molar-refractivity contribution in [1.29, 1.82) is 0 Å². The number of alkyl halides is 3. The molecule has 0 aliphatic heterocycles. The summed E-state index contributed by atoms with van der Waals surface area (Å²) in [5, 5.41) is 13.9. The normalized spacial score (nSPS) is 20.1. The molecule has 1 fully saturated rings. The Morgan fingerprint density at radius 2 is 1.78 bits per heavy atom. The van der Waals surface area contributed by atoms with E-state index in [9.17, 15) is 23.3 Å². The number of pyridine rings is 1. The Morgan fingerprint density at radius 3 is 2.37 bits per heavy atom. The molecule has 1 aliphatic rings. The van der Waals surface area contributed by atoms with Crippen molar-refractivity contribution in [1.82, 2.24) is 4.98 Å². The van der Waals surface area contributed by atoms with E-state index in [4.69, 9.17) is 4.74 Å². The fourth-order valence-corrected chi connectivity index (χ4v) is 3.18. The predicted octanol–water partition coefficient (Wildman–Crippen LogP) is 4.81. The van der Waals surface area contributed by atoms with Crippen molar-refractivity contribution in [3.05, 3.63) is 58.4 Å². The monoisotopic (exact) mass is 381 g/mol. The van der Waals surface area contributed by atoms with Crippen LogP contribution in [0.25, 0.3) is 0 Å². The van der Waals surface area contributed by atoms with Gasteiger partial charge in [0, 0.05) is 30.2 Å². The van der Waals surface area contributed by atoms with E-state index in [1.165, 1.54) is 6.07 Å². The Morgan fingerprint density at radius 1 is 1.11 bits per heavy atom. The molecule has 0 unspecified atom stereocenters. The molecule has 1 aliphatic carbocycles. The van der Waals surface area contributed by atoms with Crippen LogP contribution in [-0.2, 0) is 6.18 Å². The summed E-state index contributed by atoms with van der Waals surface area (Å²) < 4.78 is 45.1. The summed E-state index contributed by atoms with van der Waals surface area (Å²) in [5.74, 6) is 0.742. The lowest BCUT2D eigenvalue weighted by molar-refractivity contribution is -0.388. The van der Waals surface area contributed by atoms with Gasteiger partial charge in [0.15, 0.2) is 0 Å². The molecule has 0 saturated heterocycles. The van der Waals surface area contributed by atoms with E-state index < -0.39 is 22.4 Å². The molecular formula is C18H18F3N3O3. The van der Waals surface area contributed by atoms with E-state index in [0.29, 0.717) is 0 Å². The van der Waals surface area contributed by atoms with Gasteiger partial charge in [-0.25, -0.2) is 0 Å². The fraction of sp³-hybridized carbons (Fsp3) is 0.389. The molecule has 6 nitrogen and oxygen atoms in total. The van der Waals surface area contributed by atoms with E-state index in [2.05, 4.69) is 10.3 Å². The highest BCUT2D eigenvalue weighted by Crippen LogP contribution is 2.38. The number of nitro groups is 1. The molecule has 144 valence electrons. The number of ether oxygens (including phenoxy) is 1. The first-order chi connectivity index (χ1) is 12.8. The highest BCUT2D eigenvalue weighted by molar-refractivity contribution is 5.55. The number of benzene rings is 1. The summed E-state index contributed by atoms with van der Waals surface area (Å²) in [4.78, 5) is 13.7. The highest BCUT2D eigenvalue weighted by Gasteiger charge is 2.38. The van der Waals surface area contributed by atoms with E-state index in [-0.39, 0.29) is 17.8 Å². The van der Waals surface area contributed by atoms with Gasteiger partial charge >= 0.3 is 6.18 Å². The minimum absolute atomic E-state index is 0.00942. The molecule has 1 heterocycles. The third-order valence-electron chi connectivity index (χ3n) is 4.50. The molecule has 27 heavy (non-hydrogen) atoms. The number of hydrogen-bond donors (Lipinski definition) is 1. The highest BCUT2D eigenvalue weighted by atomic mass is 19.4. The number of anilines is 1. The zero-order chi connectivity index (χ0) is 19.4. The molecule has 1 N–H and O–H groups in total. The molecule has 1 aromatic carbocycles. The van der Waals surface area contributed by atoms with E-state index in [1.807, 2.05) is 0 Å². The van der Waals surface area contributed by atoms with Crippen LogP contribution in [0.2, 0.25) is 0 Å². The quantitative estimate of drug-likeness (QED) is 0.594. The molecule has 0 atom stereocenters. The Bertz CT molecular complexity index is 791. The van der Waals surface area contributed by atoms with E-state index in [1.54, 1.807) is 24.5 Å². The number of nitrogens with one attached hydrogen (secondary N) is 1. The number of nitrogens with zero attached hydrogens (tertiary/aromatic N) is 2. The van der Waals surface area contributed by atoms with Gasteiger partial charge in [-0.05, 0) is 49.9 Å². The maximum Gasteiger partial charge on any atom is 0.423 e. The predicted molar refractivity (Wildman–Crippen MR) is 92.6 cm³/mol. The Labute approximate surface area is 153 Å². The molecule has 2 aromatic rings. The first-order valence-electron chi connectivity index (χ1n) is 8.52. The van der Waals surface area contributed by atoms with Crippen LogP contribution in [0, 0.1) is 10.1 Å². The average molecular weight is 381 g/mol. The van der Waals surface area contributed by atoms with Gasteiger partial charge in [0.2, 0.25) is 0 Å². The lowest BCUT2D eigenvalue weighted by Crippen LogP contribution is -2.31. The van der Waals surface area contributed by atoms with Crippen LogP contribution in [0.5, 0.6) is 5.75 Å². The first-order valence-corrected chi connectivity index (χ1v) is 8.52. The topological polar surface area (TPSA) is 77.3 Å². The van der Waals surface area contributed by atoms with Crippen molar-refractivity contribution in [2.75, 3.05) is 5.32 Å². The van der Waals surface area contributed by atoms with Gasteiger partial charge in [-0.3, -0.25) is 15.1 Å². The standard InChI is InChI=1S/C18H18F3N3O3/c19-18(20,21)16-11-13(3-6-17(16)24(25)26)23-12-1-4-14(5-2-12)27-15-7-9-22-10-8-15/h3,6-12,14,23H,1-2,4-5H2/t12-,14-. The minimum Gasteiger partial charge on any atom is -0.490 e.